The Bertz CT molecular complexity index is 861. The molecule has 6 heteroatoms. The third-order valence-corrected chi connectivity index (χ3v) is 3.95. The summed E-state index contributed by atoms with van der Waals surface area (Å²) in [7, 11) is 0. The summed E-state index contributed by atoms with van der Waals surface area (Å²) >= 11 is 6.83. The summed E-state index contributed by atoms with van der Waals surface area (Å²) in [5, 5.41) is 9.27. The molecule has 0 saturated carbocycles. The lowest BCUT2D eigenvalue weighted by Crippen LogP contribution is -2.02. The Morgan fingerprint density at radius 1 is 1.10 bits per heavy atom. The van der Waals surface area contributed by atoms with Gasteiger partial charge in [0, 0.05) is 8.95 Å². The van der Waals surface area contributed by atoms with Gasteiger partial charge in [0.2, 0.25) is 5.95 Å². The van der Waals surface area contributed by atoms with E-state index in [1.807, 2.05) is 30.3 Å². The number of imidazole rings is 1. The highest BCUT2D eigenvalue weighted by molar-refractivity contribution is 9.10. The molecule has 0 unspecified atom stereocenters. The van der Waals surface area contributed by atoms with Crippen molar-refractivity contribution in [3.63, 3.8) is 0 Å². The van der Waals surface area contributed by atoms with Crippen LogP contribution in [0.25, 0.3) is 16.7 Å². The number of anilines is 1. The lowest BCUT2D eigenvalue weighted by molar-refractivity contribution is 1.10. The van der Waals surface area contributed by atoms with E-state index in [0.717, 1.165) is 20.0 Å². The van der Waals surface area contributed by atoms with Crippen LogP contribution in [0.3, 0.4) is 0 Å². The van der Waals surface area contributed by atoms with Gasteiger partial charge in [0.1, 0.15) is 6.07 Å². The number of nitriles is 1. The second kappa shape index (κ2) is 4.93. The van der Waals surface area contributed by atoms with Gasteiger partial charge in [-0.1, -0.05) is 31.9 Å². The maximum atomic E-state index is 9.27. The number of aromatic nitrogens is 2. The lowest BCUT2D eigenvalue weighted by atomic mass is 10.2. The summed E-state index contributed by atoms with van der Waals surface area (Å²) in [5.41, 5.74) is 8.92. The van der Waals surface area contributed by atoms with Crippen LogP contribution >= 0.6 is 31.9 Å². The van der Waals surface area contributed by atoms with Crippen LogP contribution in [0.1, 0.15) is 5.56 Å². The van der Waals surface area contributed by atoms with Crippen LogP contribution in [0.5, 0.6) is 0 Å². The number of halogens is 2. The normalized spacial score (nSPS) is 10.7. The predicted molar refractivity (Wildman–Crippen MR) is 85.6 cm³/mol. The second-order valence-electron chi connectivity index (χ2n) is 4.21. The van der Waals surface area contributed by atoms with Gasteiger partial charge in [-0.3, -0.25) is 4.57 Å². The molecule has 3 rings (SSSR count). The molecule has 0 aliphatic rings. The summed E-state index contributed by atoms with van der Waals surface area (Å²) in [6.07, 6.45) is 0. The molecule has 4 nitrogen and oxygen atoms in total. The molecule has 1 heterocycles. The minimum Gasteiger partial charge on any atom is -0.369 e. The van der Waals surface area contributed by atoms with Gasteiger partial charge in [-0.15, -0.1) is 0 Å². The van der Waals surface area contributed by atoms with Crippen molar-refractivity contribution in [2.75, 3.05) is 5.73 Å². The Morgan fingerprint density at radius 3 is 2.55 bits per heavy atom. The quantitative estimate of drug-likeness (QED) is 0.681. The van der Waals surface area contributed by atoms with Gasteiger partial charge in [0.25, 0.3) is 0 Å². The first kappa shape index (κ1) is 13.2. The number of benzene rings is 2. The number of fused-ring (bicyclic) bond motifs is 1. The molecule has 0 aliphatic carbocycles. The highest BCUT2D eigenvalue weighted by Crippen LogP contribution is 2.28. The smallest absolute Gasteiger partial charge is 0.205 e. The van der Waals surface area contributed by atoms with Crippen molar-refractivity contribution in [2.45, 2.75) is 0 Å². The molecule has 0 saturated heterocycles. The first-order chi connectivity index (χ1) is 9.60. The third-order valence-electron chi connectivity index (χ3n) is 2.96. The van der Waals surface area contributed by atoms with Crippen LogP contribution in [0, 0.1) is 11.3 Å². The molecule has 0 radical (unpaired) electrons. The molecule has 0 atom stereocenters. The summed E-state index contributed by atoms with van der Waals surface area (Å²) in [5.74, 6) is 0.354. The highest BCUT2D eigenvalue weighted by atomic mass is 79.9. The average Bonchev–Trinajstić information content (AvgIpc) is 2.73. The molecule has 2 N–H and O–H groups in total. The molecule has 98 valence electrons. The number of nitrogen functional groups attached to an aromatic ring is 1. The van der Waals surface area contributed by atoms with E-state index in [1.165, 1.54) is 0 Å². The molecule has 2 aromatic carbocycles. The van der Waals surface area contributed by atoms with Crippen LogP contribution in [-0.2, 0) is 0 Å². The minimum absolute atomic E-state index is 0.354. The molecule has 0 amide bonds. The van der Waals surface area contributed by atoms with E-state index in [2.05, 4.69) is 42.9 Å². The molecule has 0 bridgehead atoms. The average molecular weight is 392 g/mol. The summed E-state index contributed by atoms with van der Waals surface area (Å²) in [6.45, 7) is 0. The molecule has 20 heavy (non-hydrogen) atoms. The van der Waals surface area contributed by atoms with Crippen LogP contribution in [-0.4, -0.2) is 9.55 Å². The van der Waals surface area contributed by atoms with Crippen molar-refractivity contribution in [3.05, 3.63) is 50.9 Å². The van der Waals surface area contributed by atoms with E-state index in [0.29, 0.717) is 17.2 Å². The number of hydrogen-bond acceptors (Lipinski definition) is 3. The Hall–Kier alpha value is -1.84. The zero-order valence-corrected chi connectivity index (χ0v) is 13.3. The summed E-state index contributed by atoms with van der Waals surface area (Å²) in [4.78, 5) is 4.34. The monoisotopic (exact) mass is 390 g/mol. The van der Waals surface area contributed by atoms with Gasteiger partial charge in [0.15, 0.2) is 0 Å². The fourth-order valence-electron chi connectivity index (χ4n) is 2.11. The largest absolute Gasteiger partial charge is 0.369 e. The molecule has 0 spiro atoms. The van der Waals surface area contributed by atoms with E-state index in [1.54, 1.807) is 10.6 Å². The fraction of sp³-hybridized carbons (Fsp3) is 0. The van der Waals surface area contributed by atoms with Gasteiger partial charge in [-0.2, -0.15) is 5.26 Å². The fourth-order valence-corrected chi connectivity index (χ4v) is 2.81. The van der Waals surface area contributed by atoms with Crippen molar-refractivity contribution >= 4 is 48.8 Å². The third kappa shape index (κ3) is 2.09. The predicted octanol–water partition coefficient (Wildman–Crippen LogP) is 4.00. The Morgan fingerprint density at radius 2 is 1.80 bits per heavy atom. The Kier molecular flexibility index (Phi) is 3.24. The van der Waals surface area contributed by atoms with E-state index in [-0.39, 0.29) is 0 Å². The Balaban J connectivity index is 2.38. The van der Waals surface area contributed by atoms with Crippen LogP contribution in [0.4, 0.5) is 5.95 Å². The maximum absolute atomic E-state index is 9.27. The number of rotatable bonds is 1. The molecule has 3 aromatic rings. The van der Waals surface area contributed by atoms with E-state index >= 15 is 0 Å². The number of nitrogens with two attached hydrogens (primary N) is 1. The van der Waals surface area contributed by atoms with E-state index in [4.69, 9.17) is 5.73 Å². The van der Waals surface area contributed by atoms with Gasteiger partial charge in [-0.05, 0) is 36.4 Å². The number of hydrogen-bond donors (Lipinski definition) is 1. The minimum atomic E-state index is 0.354. The first-order valence-electron chi connectivity index (χ1n) is 5.73. The standard InChI is InChI=1S/C14H8Br2N4/c15-9-3-4-12-11(5-9)19-14(18)20(12)13-6-10(16)2-1-8(13)7-17/h1-6H,(H2,18,19). The maximum Gasteiger partial charge on any atom is 0.205 e. The van der Waals surface area contributed by atoms with Crippen LogP contribution < -0.4 is 5.73 Å². The second-order valence-corrected chi connectivity index (χ2v) is 6.04. The van der Waals surface area contributed by atoms with E-state index in [9.17, 15) is 5.26 Å². The zero-order valence-electron chi connectivity index (χ0n) is 10.1. The van der Waals surface area contributed by atoms with Gasteiger partial charge < -0.3 is 5.73 Å². The Labute approximate surface area is 132 Å². The highest BCUT2D eigenvalue weighted by Gasteiger charge is 2.13. The van der Waals surface area contributed by atoms with Gasteiger partial charge >= 0.3 is 0 Å². The lowest BCUT2D eigenvalue weighted by Gasteiger charge is -2.09. The summed E-state index contributed by atoms with van der Waals surface area (Å²) < 4.78 is 3.60. The molecule has 1 aromatic heterocycles. The molecule has 0 aliphatic heterocycles. The molecular formula is C14H8Br2N4. The van der Waals surface area contributed by atoms with Gasteiger partial charge in [-0.25, -0.2) is 4.98 Å². The van der Waals surface area contributed by atoms with Crippen molar-refractivity contribution in [1.82, 2.24) is 9.55 Å². The summed E-state index contributed by atoms with van der Waals surface area (Å²) in [6, 6.07) is 13.4. The van der Waals surface area contributed by atoms with Gasteiger partial charge in [0.05, 0.1) is 22.3 Å². The van der Waals surface area contributed by atoms with Crippen molar-refractivity contribution in [1.29, 1.82) is 5.26 Å². The van der Waals surface area contributed by atoms with E-state index < -0.39 is 0 Å². The van der Waals surface area contributed by atoms with Crippen LogP contribution in [0.15, 0.2) is 45.3 Å². The zero-order chi connectivity index (χ0) is 14.3. The first-order valence-corrected chi connectivity index (χ1v) is 7.32. The van der Waals surface area contributed by atoms with Crippen molar-refractivity contribution < 1.29 is 0 Å². The molecular weight excluding hydrogens is 384 g/mol. The van der Waals surface area contributed by atoms with Crippen molar-refractivity contribution in [3.8, 4) is 11.8 Å². The molecule has 0 fully saturated rings. The SMILES string of the molecule is N#Cc1ccc(Br)cc1-n1c(N)nc2cc(Br)ccc21. The van der Waals surface area contributed by atoms with Crippen molar-refractivity contribution in [2.24, 2.45) is 0 Å². The topological polar surface area (TPSA) is 67.6 Å². The van der Waals surface area contributed by atoms with Crippen LogP contribution in [0.2, 0.25) is 0 Å². The number of nitrogens with zero attached hydrogens (tertiary/aromatic N) is 3.